The van der Waals surface area contributed by atoms with Gasteiger partial charge in [0.15, 0.2) is 0 Å². The number of rotatable bonds is 0. The van der Waals surface area contributed by atoms with Crippen LogP contribution in [-0.2, 0) is 5.41 Å². The van der Waals surface area contributed by atoms with Crippen molar-refractivity contribution in [2.24, 2.45) is 0 Å². The third kappa shape index (κ3) is 2.43. The van der Waals surface area contributed by atoms with Crippen LogP contribution in [0.15, 0.2) is 73.1 Å². The molecule has 0 aliphatic carbocycles. The van der Waals surface area contributed by atoms with Gasteiger partial charge in [0.05, 0.1) is 11.4 Å². The Hall–Kier alpha value is -3.47. The predicted molar refractivity (Wildman–Crippen MR) is 103 cm³/mol. The van der Waals surface area contributed by atoms with Crippen LogP contribution in [0, 0.1) is 0 Å². The summed E-state index contributed by atoms with van der Waals surface area (Å²) in [4.78, 5) is 12.8. The number of hydrogen-bond donors (Lipinski definition) is 0. The zero-order valence-corrected chi connectivity index (χ0v) is 15.1. The number of benzene rings is 2. The van der Waals surface area contributed by atoms with Crippen molar-refractivity contribution in [1.29, 1.82) is 0 Å². The van der Waals surface area contributed by atoms with Crippen molar-refractivity contribution in [3.63, 3.8) is 0 Å². The van der Waals surface area contributed by atoms with E-state index in [4.69, 9.17) is 0 Å². The standard InChI is InChI=1S/C22H18N4O/c1-22(2)15-5-3-7-17(13-15)25-11-9-19(23-25)21(27)20-10-12-26(24-20)18-8-4-6-16(22)14-18/h3-14H,1-2H3. The molecule has 5 heteroatoms. The van der Waals surface area contributed by atoms with Gasteiger partial charge in [0.25, 0.3) is 0 Å². The van der Waals surface area contributed by atoms with Gasteiger partial charge >= 0.3 is 0 Å². The minimum absolute atomic E-state index is 0.183. The average Bonchev–Trinajstić information content (AvgIpc) is 3.37. The van der Waals surface area contributed by atoms with Crippen LogP contribution in [0.3, 0.4) is 0 Å². The van der Waals surface area contributed by atoms with Crippen molar-refractivity contribution in [2.45, 2.75) is 19.3 Å². The molecular weight excluding hydrogens is 336 g/mol. The van der Waals surface area contributed by atoms with Gasteiger partial charge < -0.3 is 0 Å². The Balaban J connectivity index is 1.81. The lowest BCUT2D eigenvalue weighted by atomic mass is 9.78. The summed E-state index contributed by atoms with van der Waals surface area (Å²) in [7, 11) is 0. The second-order valence-electron chi connectivity index (χ2n) is 7.35. The van der Waals surface area contributed by atoms with Crippen LogP contribution in [-0.4, -0.2) is 25.3 Å². The zero-order chi connectivity index (χ0) is 18.6. The number of aromatic nitrogens is 4. The molecule has 0 radical (unpaired) electrons. The van der Waals surface area contributed by atoms with Crippen molar-refractivity contribution >= 4 is 5.78 Å². The molecule has 8 bridgehead atoms. The Morgan fingerprint density at radius 3 is 1.70 bits per heavy atom. The van der Waals surface area contributed by atoms with Crippen molar-refractivity contribution in [3.05, 3.63) is 95.6 Å². The highest BCUT2D eigenvalue weighted by Gasteiger charge is 2.25. The van der Waals surface area contributed by atoms with Gasteiger partial charge in [0.2, 0.25) is 5.78 Å². The summed E-state index contributed by atoms with van der Waals surface area (Å²) in [5, 5.41) is 8.96. The van der Waals surface area contributed by atoms with E-state index < -0.39 is 0 Å². The molecule has 2 aromatic heterocycles. The van der Waals surface area contributed by atoms with E-state index in [9.17, 15) is 4.79 Å². The molecule has 132 valence electrons. The van der Waals surface area contributed by atoms with Crippen LogP contribution in [0.1, 0.15) is 41.2 Å². The maximum absolute atomic E-state index is 12.8. The van der Waals surface area contributed by atoms with E-state index in [1.807, 2.05) is 36.7 Å². The lowest BCUT2D eigenvalue weighted by molar-refractivity contribution is 0.102. The molecule has 5 nitrogen and oxygen atoms in total. The number of ketones is 1. The molecule has 2 aromatic carbocycles. The fraction of sp³-hybridized carbons (Fsp3) is 0.136. The summed E-state index contributed by atoms with van der Waals surface area (Å²) in [6, 6.07) is 20.0. The predicted octanol–water partition coefficient (Wildman–Crippen LogP) is 3.93. The maximum atomic E-state index is 12.8. The highest BCUT2D eigenvalue weighted by molar-refractivity contribution is 6.06. The van der Waals surface area contributed by atoms with Crippen LogP contribution < -0.4 is 0 Å². The monoisotopic (exact) mass is 354 g/mol. The molecule has 4 aromatic rings. The van der Waals surface area contributed by atoms with Gasteiger partial charge in [-0.05, 0) is 47.5 Å². The van der Waals surface area contributed by atoms with Crippen LogP contribution in [0.5, 0.6) is 0 Å². The van der Waals surface area contributed by atoms with Crippen LogP contribution in [0.4, 0.5) is 0 Å². The number of hydrogen-bond acceptors (Lipinski definition) is 3. The third-order valence-electron chi connectivity index (χ3n) is 5.31. The average molecular weight is 354 g/mol. The second kappa shape index (κ2) is 5.51. The quantitative estimate of drug-likeness (QED) is 0.481. The van der Waals surface area contributed by atoms with Crippen LogP contribution in [0.25, 0.3) is 11.4 Å². The fourth-order valence-electron chi connectivity index (χ4n) is 3.55. The normalized spacial score (nSPS) is 14.7. The Morgan fingerprint density at radius 2 is 1.22 bits per heavy atom. The number of fused-ring (bicyclic) bond motifs is 10. The van der Waals surface area contributed by atoms with Gasteiger partial charge in [-0.1, -0.05) is 38.1 Å². The van der Waals surface area contributed by atoms with E-state index >= 15 is 0 Å². The highest BCUT2D eigenvalue weighted by Crippen LogP contribution is 2.33. The molecule has 0 unspecified atom stereocenters. The molecule has 3 heterocycles. The van der Waals surface area contributed by atoms with E-state index in [2.05, 4.69) is 48.3 Å². The molecule has 1 aliphatic rings. The largest absolute Gasteiger partial charge is 0.285 e. The van der Waals surface area contributed by atoms with Gasteiger partial charge in [-0.25, -0.2) is 9.36 Å². The van der Waals surface area contributed by atoms with Crippen molar-refractivity contribution in [1.82, 2.24) is 19.6 Å². The van der Waals surface area contributed by atoms with E-state index in [-0.39, 0.29) is 11.2 Å². The molecule has 27 heavy (non-hydrogen) atoms. The summed E-state index contributed by atoms with van der Waals surface area (Å²) >= 11 is 0. The Kier molecular flexibility index (Phi) is 3.22. The Bertz CT molecular complexity index is 1090. The van der Waals surface area contributed by atoms with E-state index in [1.165, 1.54) is 11.1 Å². The second-order valence-corrected chi connectivity index (χ2v) is 7.35. The van der Waals surface area contributed by atoms with E-state index in [1.54, 1.807) is 21.5 Å². The zero-order valence-electron chi connectivity index (χ0n) is 15.1. The van der Waals surface area contributed by atoms with E-state index in [0.29, 0.717) is 11.4 Å². The molecule has 0 atom stereocenters. The smallest absolute Gasteiger partial charge is 0.233 e. The maximum Gasteiger partial charge on any atom is 0.233 e. The molecule has 0 fully saturated rings. The van der Waals surface area contributed by atoms with E-state index in [0.717, 1.165) is 11.4 Å². The van der Waals surface area contributed by atoms with Gasteiger partial charge in [-0.2, -0.15) is 10.2 Å². The minimum Gasteiger partial charge on any atom is -0.285 e. The molecule has 0 saturated carbocycles. The Morgan fingerprint density at radius 1 is 0.741 bits per heavy atom. The first-order valence-electron chi connectivity index (χ1n) is 8.90. The van der Waals surface area contributed by atoms with Crippen molar-refractivity contribution in [2.75, 3.05) is 0 Å². The van der Waals surface area contributed by atoms with Gasteiger partial charge in [0.1, 0.15) is 11.4 Å². The molecule has 0 amide bonds. The minimum atomic E-state index is -0.197. The van der Waals surface area contributed by atoms with Crippen molar-refractivity contribution < 1.29 is 4.79 Å². The lowest BCUT2D eigenvalue weighted by Gasteiger charge is -2.27. The molecule has 0 saturated heterocycles. The topological polar surface area (TPSA) is 52.7 Å². The van der Waals surface area contributed by atoms with Gasteiger partial charge in [-0.15, -0.1) is 0 Å². The first-order valence-corrected chi connectivity index (χ1v) is 8.90. The Labute approximate surface area is 156 Å². The molecule has 0 N–H and O–H groups in total. The summed E-state index contributed by atoms with van der Waals surface area (Å²) < 4.78 is 3.48. The van der Waals surface area contributed by atoms with Gasteiger partial charge in [0, 0.05) is 17.8 Å². The van der Waals surface area contributed by atoms with Gasteiger partial charge in [-0.3, -0.25) is 4.79 Å². The SMILES string of the molecule is CC1(C)c2cccc(c2)-n2ccc(n2)C(=O)c2ccn(n2)-c2cccc1c2. The summed E-state index contributed by atoms with van der Waals surface area (Å²) in [6.07, 6.45) is 3.63. The fourth-order valence-corrected chi connectivity index (χ4v) is 3.55. The van der Waals surface area contributed by atoms with Crippen molar-refractivity contribution in [3.8, 4) is 11.4 Å². The highest BCUT2D eigenvalue weighted by atomic mass is 16.1. The van der Waals surface area contributed by atoms with Crippen LogP contribution >= 0.6 is 0 Å². The molecule has 0 spiro atoms. The number of nitrogens with zero attached hydrogens (tertiary/aromatic N) is 4. The lowest BCUT2D eigenvalue weighted by Crippen LogP contribution is -2.20. The summed E-state index contributed by atoms with van der Waals surface area (Å²) in [6.45, 7) is 4.42. The third-order valence-corrected chi connectivity index (χ3v) is 5.31. The summed E-state index contributed by atoms with van der Waals surface area (Å²) in [5.41, 5.74) is 4.79. The first-order chi connectivity index (χ1) is 13.0. The number of carbonyl (C=O) groups is 1. The summed E-state index contributed by atoms with van der Waals surface area (Å²) in [5.74, 6) is -0.183. The first kappa shape index (κ1) is 15.8. The molecular formula is C22H18N4O. The molecule has 1 aliphatic heterocycles. The molecule has 5 rings (SSSR count). The number of carbonyl (C=O) groups excluding carboxylic acids is 1. The van der Waals surface area contributed by atoms with Crippen LogP contribution in [0.2, 0.25) is 0 Å².